The molecule has 0 atom stereocenters. The third-order valence-electron chi connectivity index (χ3n) is 2.76. The summed E-state index contributed by atoms with van der Waals surface area (Å²) in [6.45, 7) is 1.82. The van der Waals surface area contributed by atoms with E-state index in [1.165, 1.54) is 25.1 Å². The standard InChI is InChI=1S/C6H5NO3.C6H10O2/c8-6(9)10-5-3-1-2-4-7-5;1-3-7-6-5(1)2-4-8-6/h1-4H,(H,8,9);5-6H,1-4H2. The second kappa shape index (κ2) is 6.32. The maximum atomic E-state index is 9.91. The highest BCUT2D eigenvalue weighted by atomic mass is 16.7. The lowest BCUT2D eigenvalue weighted by molar-refractivity contribution is -0.0904. The van der Waals surface area contributed by atoms with Crippen molar-refractivity contribution in [3.05, 3.63) is 24.4 Å². The number of pyridine rings is 1. The van der Waals surface area contributed by atoms with Crippen LogP contribution in [0, 0.1) is 5.92 Å². The fraction of sp³-hybridized carbons (Fsp3) is 0.500. The number of rotatable bonds is 1. The normalized spacial score (nSPS) is 24.9. The Balaban J connectivity index is 0.000000136. The van der Waals surface area contributed by atoms with Gasteiger partial charge < -0.3 is 19.3 Å². The molecule has 2 aliphatic rings. The summed E-state index contributed by atoms with van der Waals surface area (Å²) in [4.78, 5) is 13.5. The lowest BCUT2D eigenvalue weighted by Crippen LogP contribution is -2.08. The Kier molecular flexibility index (Phi) is 4.49. The Labute approximate surface area is 104 Å². The molecule has 98 valence electrons. The van der Waals surface area contributed by atoms with Crippen molar-refractivity contribution in [2.24, 2.45) is 5.92 Å². The molecule has 0 spiro atoms. The summed E-state index contributed by atoms with van der Waals surface area (Å²) in [5, 5.41) is 8.10. The highest BCUT2D eigenvalue weighted by Gasteiger charge is 2.33. The second-order valence-corrected chi connectivity index (χ2v) is 3.98. The smallest absolute Gasteiger partial charge is 0.449 e. The predicted octanol–water partition coefficient (Wildman–Crippen LogP) is 1.91. The monoisotopic (exact) mass is 253 g/mol. The number of ether oxygens (including phenoxy) is 3. The first kappa shape index (κ1) is 12.8. The third kappa shape index (κ3) is 3.68. The summed E-state index contributed by atoms with van der Waals surface area (Å²) >= 11 is 0. The van der Waals surface area contributed by atoms with E-state index >= 15 is 0 Å². The van der Waals surface area contributed by atoms with Gasteiger partial charge in [-0.05, 0) is 18.9 Å². The van der Waals surface area contributed by atoms with Crippen LogP contribution >= 0.6 is 0 Å². The molecule has 0 aliphatic carbocycles. The average Bonchev–Trinajstić information content (AvgIpc) is 2.92. The van der Waals surface area contributed by atoms with Crippen molar-refractivity contribution in [3.8, 4) is 5.88 Å². The zero-order valence-electron chi connectivity index (χ0n) is 9.82. The Hall–Kier alpha value is -1.66. The van der Waals surface area contributed by atoms with E-state index in [9.17, 15) is 4.79 Å². The number of aromatic nitrogens is 1. The number of carboxylic acid groups (broad SMARTS) is 1. The molecule has 3 heterocycles. The minimum atomic E-state index is -1.35. The molecule has 18 heavy (non-hydrogen) atoms. The SMILES string of the molecule is C1CC2CCOC2O1.O=C(O)Oc1ccccn1. The molecule has 0 aromatic carbocycles. The van der Waals surface area contributed by atoms with Crippen LogP contribution in [0.5, 0.6) is 5.88 Å². The van der Waals surface area contributed by atoms with E-state index in [4.69, 9.17) is 14.6 Å². The maximum Gasteiger partial charge on any atom is 0.512 e. The Morgan fingerprint density at radius 2 is 2.06 bits per heavy atom. The van der Waals surface area contributed by atoms with E-state index in [1.807, 2.05) is 0 Å². The zero-order chi connectivity index (χ0) is 12.8. The van der Waals surface area contributed by atoms with Crippen LogP contribution in [0.3, 0.4) is 0 Å². The molecule has 2 saturated heterocycles. The van der Waals surface area contributed by atoms with Crippen LogP contribution in [0.2, 0.25) is 0 Å². The van der Waals surface area contributed by atoms with Gasteiger partial charge in [-0.1, -0.05) is 6.07 Å². The quantitative estimate of drug-likeness (QED) is 0.770. The molecule has 0 saturated carbocycles. The number of hydrogen-bond donors (Lipinski definition) is 1. The molecule has 0 amide bonds. The molecule has 1 aromatic rings. The van der Waals surface area contributed by atoms with E-state index in [2.05, 4.69) is 9.72 Å². The van der Waals surface area contributed by atoms with Gasteiger partial charge in [0.2, 0.25) is 5.88 Å². The second-order valence-electron chi connectivity index (χ2n) is 3.98. The van der Waals surface area contributed by atoms with Crippen molar-refractivity contribution in [2.75, 3.05) is 13.2 Å². The minimum Gasteiger partial charge on any atom is -0.449 e. The van der Waals surface area contributed by atoms with Crippen LogP contribution in [0.15, 0.2) is 24.4 Å². The van der Waals surface area contributed by atoms with Gasteiger partial charge in [0.25, 0.3) is 0 Å². The molecule has 0 unspecified atom stereocenters. The topological polar surface area (TPSA) is 77.9 Å². The van der Waals surface area contributed by atoms with Crippen LogP contribution in [-0.4, -0.2) is 35.7 Å². The van der Waals surface area contributed by atoms with Crippen LogP contribution in [-0.2, 0) is 9.47 Å². The lowest BCUT2D eigenvalue weighted by atomic mass is 10.1. The lowest BCUT2D eigenvalue weighted by Gasteiger charge is -2.03. The minimum absolute atomic E-state index is 0.0926. The summed E-state index contributed by atoms with van der Waals surface area (Å²) < 4.78 is 14.7. The van der Waals surface area contributed by atoms with Gasteiger partial charge in [-0.25, -0.2) is 9.78 Å². The van der Waals surface area contributed by atoms with E-state index < -0.39 is 6.16 Å². The van der Waals surface area contributed by atoms with Crippen LogP contribution in [0.4, 0.5) is 4.79 Å². The van der Waals surface area contributed by atoms with E-state index in [0.717, 1.165) is 19.1 Å². The predicted molar refractivity (Wildman–Crippen MR) is 61.3 cm³/mol. The maximum absolute atomic E-state index is 9.91. The summed E-state index contributed by atoms with van der Waals surface area (Å²) in [5.41, 5.74) is 0. The summed E-state index contributed by atoms with van der Waals surface area (Å²) in [6.07, 6.45) is 2.71. The fourth-order valence-electron chi connectivity index (χ4n) is 1.90. The molecule has 0 radical (unpaired) electrons. The highest BCUT2D eigenvalue weighted by Crippen LogP contribution is 2.30. The molecule has 2 fully saturated rings. The summed E-state index contributed by atoms with van der Waals surface area (Å²) in [7, 11) is 0. The van der Waals surface area contributed by atoms with Crippen molar-refractivity contribution >= 4 is 6.16 Å². The number of carbonyl (C=O) groups is 1. The highest BCUT2D eigenvalue weighted by molar-refractivity contribution is 5.60. The summed E-state index contributed by atoms with van der Waals surface area (Å²) in [5.74, 6) is 0.824. The van der Waals surface area contributed by atoms with E-state index in [-0.39, 0.29) is 12.2 Å². The molecular formula is C12H15NO5. The molecule has 6 heteroatoms. The first-order valence-corrected chi connectivity index (χ1v) is 5.81. The molecule has 0 bridgehead atoms. The third-order valence-corrected chi connectivity index (χ3v) is 2.76. The van der Waals surface area contributed by atoms with Gasteiger partial charge in [0.05, 0.1) is 13.2 Å². The average molecular weight is 253 g/mol. The first-order chi connectivity index (χ1) is 8.75. The van der Waals surface area contributed by atoms with Crippen molar-refractivity contribution in [1.82, 2.24) is 4.98 Å². The van der Waals surface area contributed by atoms with Gasteiger partial charge in [0.1, 0.15) is 0 Å². The number of fused-ring (bicyclic) bond motifs is 1. The molecule has 3 rings (SSSR count). The molecule has 2 aliphatic heterocycles. The van der Waals surface area contributed by atoms with Gasteiger partial charge >= 0.3 is 6.16 Å². The van der Waals surface area contributed by atoms with Crippen LogP contribution in [0.1, 0.15) is 12.8 Å². The van der Waals surface area contributed by atoms with Gasteiger partial charge in [-0.3, -0.25) is 0 Å². The van der Waals surface area contributed by atoms with Crippen molar-refractivity contribution in [2.45, 2.75) is 19.1 Å². The van der Waals surface area contributed by atoms with Gasteiger partial charge in [-0.15, -0.1) is 0 Å². The largest absolute Gasteiger partial charge is 0.512 e. The van der Waals surface area contributed by atoms with Gasteiger partial charge in [-0.2, -0.15) is 0 Å². The molecule has 1 aromatic heterocycles. The van der Waals surface area contributed by atoms with Crippen molar-refractivity contribution in [3.63, 3.8) is 0 Å². The van der Waals surface area contributed by atoms with Crippen molar-refractivity contribution < 1.29 is 24.1 Å². The fourth-order valence-corrected chi connectivity index (χ4v) is 1.90. The zero-order valence-corrected chi connectivity index (χ0v) is 9.82. The van der Waals surface area contributed by atoms with E-state index in [0.29, 0.717) is 0 Å². The molecule has 6 nitrogen and oxygen atoms in total. The van der Waals surface area contributed by atoms with E-state index in [1.54, 1.807) is 12.1 Å². The number of hydrogen-bond acceptors (Lipinski definition) is 5. The van der Waals surface area contributed by atoms with Crippen molar-refractivity contribution in [1.29, 1.82) is 0 Å². The Morgan fingerprint density at radius 3 is 2.56 bits per heavy atom. The molecular weight excluding hydrogens is 238 g/mol. The Morgan fingerprint density at radius 1 is 1.33 bits per heavy atom. The number of nitrogens with zero attached hydrogens (tertiary/aromatic N) is 1. The molecule has 1 N–H and O–H groups in total. The Bertz CT molecular complexity index is 363. The first-order valence-electron chi connectivity index (χ1n) is 5.81. The van der Waals surface area contributed by atoms with Gasteiger partial charge in [0, 0.05) is 18.2 Å². The van der Waals surface area contributed by atoms with Crippen LogP contribution in [0.25, 0.3) is 0 Å². The summed E-state index contributed by atoms with van der Waals surface area (Å²) in [6, 6.07) is 4.79. The van der Waals surface area contributed by atoms with Crippen LogP contribution < -0.4 is 4.74 Å². The van der Waals surface area contributed by atoms with Gasteiger partial charge in [0.15, 0.2) is 6.29 Å².